The highest BCUT2D eigenvalue weighted by molar-refractivity contribution is 5.34. The summed E-state index contributed by atoms with van der Waals surface area (Å²) < 4.78 is 13.0. The maximum absolute atomic E-state index is 13.0. The maximum atomic E-state index is 13.0. The van der Waals surface area contributed by atoms with Crippen molar-refractivity contribution in [2.45, 2.75) is 26.2 Å². The Morgan fingerprint density at radius 2 is 1.77 bits per heavy atom. The molecule has 0 aliphatic carbocycles. The van der Waals surface area contributed by atoms with E-state index in [1.807, 2.05) is 20.8 Å². The van der Waals surface area contributed by atoms with Gasteiger partial charge in [0.05, 0.1) is 5.69 Å². The van der Waals surface area contributed by atoms with Crippen molar-refractivity contribution in [1.82, 2.24) is 10.2 Å². The van der Waals surface area contributed by atoms with Gasteiger partial charge in [0.25, 0.3) is 0 Å². The summed E-state index contributed by atoms with van der Waals surface area (Å²) in [6, 6.07) is 0. The second kappa shape index (κ2) is 4.20. The Labute approximate surface area is 76.4 Å². The van der Waals surface area contributed by atoms with Crippen molar-refractivity contribution in [2.75, 3.05) is 5.73 Å². The van der Waals surface area contributed by atoms with Crippen LogP contribution >= 0.6 is 0 Å². The molecular formula is C7H16FN5. The number of hydrogen-bond acceptors (Lipinski definition) is 4. The molecule has 0 aliphatic heterocycles. The Bertz CT molecular complexity index is 262. The number of aromatic nitrogens is 2. The van der Waals surface area contributed by atoms with E-state index >= 15 is 0 Å². The number of nitrogens with one attached hydrogen (secondary N) is 1. The molecule has 0 saturated carbocycles. The summed E-state index contributed by atoms with van der Waals surface area (Å²) in [6.45, 7) is 5.68. The number of halogens is 1. The minimum atomic E-state index is -0.433. The molecule has 0 bridgehead atoms. The summed E-state index contributed by atoms with van der Waals surface area (Å²) in [7, 11) is 0. The summed E-state index contributed by atoms with van der Waals surface area (Å²) in [5.41, 5.74) is 5.40. The van der Waals surface area contributed by atoms with Gasteiger partial charge in [-0.3, -0.25) is 16.8 Å². The number of hydrogen-bond donors (Lipinski definition) is 4. The van der Waals surface area contributed by atoms with Gasteiger partial charge in [-0.05, 0) is 0 Å². The van der Waals surface area contributed by atoms with Gasteiger partial charge in [0.15, 0.2) is 11.6 Å². The van der Waals surface area contributed by atoms with E-state index in [-0.39, 0.29) is 11.2 Å². The van der Waals surface area contributed by atoms with Gasteiger partial charge in [-0.2, -0.15) is 5.10 Å². The van der Waals surface area contributed by atoms with Crippen LogP contribution in [0.15, 0.2) is 0 Å². The Morgan fingerprint density at radius 1 is 1.31 bits per heavy atom. The molecule has 0 aromatic carbocycles. The topological polar surface area (TPSA) is 107 Å². The van der Waals surface area contributed by atoms with Gasteiger partial charge in [-0.15, -0.1) is 0 Å². The minimum Gasteiger partial charge on any atom is -0.380 e. The quantitative estimate of drug-likeness (QED) is 0.346. The van der Waals surface area contributed by atoms with Crippen LogP contribution in [0.25, 0.3) is 0 Å². The van der Waals surface area contributed by atoms with E-state index in [9.17, 15) is 4.39 Å². The van der Waals surface area contributed by atoms with Crippen LogP contribution < -0.4 is 17.4 Å². The summed E-state index contributed by atoms with van der Waals surface area (Å²) in [5.74, 6) is 7.51. The first-order valence-corrected chi connectivity index (χ1v) is 3.76. The second-order valence-corrected chi connectivity index (χ2v) is 3.55. The van der Waals surface area contributed by atoms with Crippen molar-refractivity contribution >= 4 is 5.82 Å². The van der Waals surface area contributed by atoms with Gasteiger partial charge in [-0.1, -0.05) is 20.8 Å². The van der Waals surface area contributed by atoms with Crippen molar-refractivity contribution in [2.24, 2.45) is 11.7 Å². The molecule has 0 radical (unpaired) electrons. The molecule has 0 unspecified atom stereocenters. The first-order valence-electron chi connectivity index (χ1n) is 3.76. The van der Waals surface area contributed by atoms with E-state index in [1.165, 1.54) is 0 Å². The molecule has 1 rings (SSSR count). The molecule has 6 heteroatoms. The number of nitrogens with zero attached hydrogens (tertiary/aromatic N) is 1. The average Bonchev–Trinajstić information content (AvgIpc) is 2.36. The first kappa shape index (κ1) is 11.9. The van der Waals surface area contributed by atoms with E-state index < -0.39 is 5.82 Å². The highest BCUT2D eigenvalue weighted by Crippen LogP contribution is 2.24. The van der Waals surface area contributed by atoms with Crippen molar-refractivity contribution < 1.29 is 4.39 Å². The highest BCUT2D eigenvalue weighted by Gasteiger charge is 2.22. The van der Waals surface area contributed by atoms with Crippen LogP contribution in [-0.2, 0) is 5.41 Å². The number of nitrogen functional groups attached to an aromatic ring is 1. The third-order valence-electron chi connectivity index (χ3n) is 1.48. The fraction of sp³-hybridized carbons (Fsp3) is 0.571. The highest BCUT2D eigenvalue weighted by atomic mass is 19.1. The van der Waals surface area contributed by atoms with E-state index in [0.717, 1.165) is 0 Å². The normalized spacial score (nSPS) is 10.6. The van der Waals surface area contributed by atoms with Crippen LogP contribution in [0.3, 0.4) is 0 Å². The molecule has 1 aromatic heterocycles. The van der Waals surface area contributed by atoms with E-state index in [0.29, 0.717) is 5.69 Å². The number of hydrazine groups is 1. The second-order valence-electron chi connectivity index (χ2n) is 3.55. The Hall–Kier alpha value is -1.14. The van der Waals surface area contributed by atoms with Crippen LogP contribution in [0, 0.1) is 5.82 Å². The van der Waals surface area contributed by atoms with Gasteiger partial charge in [0.1, 0.15) is 0 Å². The molecule has 13 heavy (non-hydrogen) atoms. The molecule has 76 valence electrons. The van der Waals surface area contributed by atoms with Gasteiger partial charge in [0, 0.05) is 5.41 Å². The summed E-state index contributed by atoms with van der Waals surface area (Å²) >= 11 is 0. The number of rotatable bonds is 0. The van der Waals surface area contributed by atoms with Crippen LogP contribution in [0.1, 0.15) is 26.5 Å². The lowest BCUT2D eigenvalue weighted by Gasteiger charge is -2.15. The van der Waals surface area contributed by atoms with E-state index in [4.69, 9.17) is 5.73 Å². The monoisotopic (exact) mass is 189 g/mol. The molecular weight excluding hydrogens is 173 g/mol. The number of anilines is 1. The molecule has 0 fully saturated rings. The molecule has 0 aliphatic rings. The standard InChI is InChI=1S/C7H12FN3.H4N2/c1-7(2,3)5-4(8)6(9)11-10-5;1-2/h1-3H3,(H3,9,10,11);1-2H2. The molecule has 0 atom stereocenters. The zero-order valence-electron chi connectivity index (χ0n) is 8.06. The third-order valence-corrected chi connectivity index (χ3v) is 1.48. The SMILES string of the molecule is CC(C)(C)c1[nH]nc(N)c1F.NN. The van der Waals surface area contributed by atoms with Gasteiger partial charge in [-0.25, -0.2) is 4.39 Å². The average molecular weight is 189 g/mol. The molecule has 7 N–H and O–H groups in total. The molecule has 5 nitrogen and oxygen atoms in total. The smallest absolute Gasteiger partial charge is 0.188 e. The summed E-state index contributed by atoms with van der Waals surface area (Å²) in [5, 5.41) is 6.12. The van der Waals surface area contributed by atoms with Gasteiger partial charge < -0.3 is 5.73 Å². The minimum absolute atomic E-state index is 0.0603. The van der Waals surface area contributed by atoms with Gasteiger partial charge >= 0.3 is 0 Å². The molecule has 0 spiro atoms. The zero-order valence-corrected chi connectivity index (χ0v) is 8.06. The number of aromatic amines is 1. The van der Waals surface area contributed by atoms with Crippen LogP contribution in [0.2, 0.25) is 0 Å². The molecule has 1 heterocycles. The fourth-order valence-corrected chi connectivity index (χ4v) is 0.839. The van der Waals surface area contributed by atoms with Crippen molar-refractivity contribution in [3.8, 4) is 0 Å². The van der Waals surface area contributed by atoms with Crippen molar-refractivity contribution in [3.05, 3.63) is 11.5 Å². The zero-order chi connectivity index (χ0) is 10.6. The predicted octanol–water partition coefficient (Wildman–Crippen LogP) is 0.247. The number of nitrogens with two attached hydrogens (primary N) is 3. The number of H-pyrrole nitrogens is 1. The molecule has 0 saturated heterocycles. The van der Waals surface area contributed by atoms with Crippen LogP contribution in [-0.4, -0.2) is 10.2 Å². The van der Waals surface area contributed by atoms with Gasteiger partial charge in [0.2, 0.25) is 0 Å². The third kappa shape index (κ3) is 2.67. The first-order chi connectivity index (χ1) is 5.93. The molecule has 0 amide bonds. The van der Waals surface area contributed by atoms with E-state index in [1.54, 1.807) is 0 Å². The lowest BCUT2D eigenvalue weighted by atomic mass is 9.92. The fourth-order valence-electron chi connectivity index (χ4n) is 0.839. The van der Waals surface area contributed by atoms with Crippen molar-refractivity contribution in [3.63, 3.8) is 0 Å². The lowest BCUT2D eigenvalue weighted by Crippen LogP contribution is -2.13. The lowest BCUT2D eigenvalue weighted by molar-refractivity contribution is 0.513. The summed E-state index contributed by atoms with van der Waals surface area (Å²) in [6.07, 6.45) is 0. The van der Waals surface area contributed by atoms with E-state index in [2.05, 4.69) is 21.9 Å². The van der Waals surface area contributed by atoms with Crippen LogP contribution in [0.5, 0.6) is 0 Å². The largest absolute Gasteiger partial charge is 0.380 e. The van der Waals surface area contributed by atoms with Crippen molar-refractivity contribution in [1.29, 1.82) is 0 Å². The predicted molar refractivity (Wildman–Crippen MR) is 50.0 cm³/mol. The van der Waals surface area contributed by atoms with Crippen LogP contribution in [0.4, 0.5) is 10.2 Å². The summed E-state index contributed by atoms with van der Waals surface area (Å²) in [4.78, 5) is 0. The molecule has 1 aromatic rings. The Balaban J connectivity index is 0.000000671. The Kier molecular flexibility index (Phi) is 3.83. The maximum Gasteiger partial charge on any atom is 0.188 e. The Morgan fingerprint density at radius 3 is 1.92 bits per heavy atom.